The fourth-order valence-electron chi connectivity index (χ4n) is 2.48. The standard InChI is InChI=1S/C14H12Br2OS/c15-12-7-11(14(16)18-12)13(17)10-5-4-8-2-1-3-9(8)6-10/h4-7,13,17H,1-3H2. The molecule has 1 nitrogen and oxygen atoms in total. The average Bonchev–Trinajstić information content (AvgIpc) is 2.93. The Bertz CT molecular complexity index is 591. The van der Waals surface area contributed by atoms with Crippen LogP contribution in [0, 0.1) is 0 Å². The first-order valence-corrected chi connectivity index (χ1v) is 8.30. The van der Waals surface area contributed by atoms with E-state index in [-0.39, 0.29) is 0 Å². The molecule has 0 aliphatic heterocycles. The van der Waals surface area contributed by atoms with Crippen LogP contribution >= 0.6 is 43.2 Å². The first kappa shape index (κ1) is 12.9. The zero-order chi connectivity index (χ0) is 12.7. The Balaban J connectivity index is 1.97. The van der Waals surface area contributed by atoms with Crippen molar-refractivity contribution in [3.05, 3.63) is 54.1 Å². The number of hydrogen-bond donors (Lipinski definition) is 1. The molecule has 0 saturated heterocycles. The average molecular weight is 388 g/mol. The molecule has 94 valence electrons. The van der Waals surface area contributed by atoms with Crippen LogP contribution in [0.2, 0.25) is 0 Å². The highest BCUT2D eigenvalue weighted by atomic mass is 79.9. The van der Waals surface area contributed by atoms with E-state index in [9.17, 15) is 5.11 Å². The summed E-state index contributed by atoms with van der Waals surface area (Å²) in [6, 6.07) is 8.35. The molecule has 1 aromatic heterocycles. The van der Waals surface area contributed by atoms with Crippen molar-refractivity contribution < 1.29 is 5.11 Å². The molecule has 2 aromatic rings. The van der Waals surface area contributed by atoms with Crippen molar-refractivity contribution in [1.82, 2.24) is 0 Å². The highest BCUT2D eigenvalue weighted by molar-refractivity contribution is 9.12. The van der Waals surface area contributed by atoms with Crippen LogP contribution in [-0.2, 0) is 12.8 Å². The van der Waals surface area contributed by atoms with Crippen molar-refractivity contribution in [2.75, 3.05) is 0 Å². The van der Waals surface area contributed by atoms with Crippen LogP contribution in [0.25, 0.3) is 0 Å². The van der Waals surface area contributed by atoms with Crippen LogP contribution < -0.4 is 0 Å². The number of aryl methyl sites for hydroxylation is 2. The molecule has 0 saturated carbocycles. The topological polar surface area (TPSA) is 20.2 Å². The largest absolute Gasteiger partial charge is 0.384 e. The summed E-state index contributed by atoms with van der Waals surface area (Å²) >= 11 is 8.55. The maximum absolute atomic E-state index is 10.5. The molecule has 0 fully saturated rings. The van der Waals surface area contributed by atoms with Gasteiger partial charge in [-0.15, -0.1) is 11.3 Å². The van der Waals surface area contributed by atoms with Crippen molar-refractivity contribution in [3.63, 3.8) is 0 Å². The summed E-state index contributed by atoms with van der Waals surface area (Å²) in [6.07, 6.45) is 3.01. The van der Waals surface area contributed by atoms with Crippen molar-refractivity contribution in [3.8, 4) is 0 Å². The van der Waals surface area contributed by atoms with Crippen LogP contribution in [-0.4, -0.2) is 5.11 Å². The van der Waals surface area contributed by atoms with Crippen LogP contribution in [0.4, 0.5) is 0 Å². The fourth-order valence-corrected chi connectivity index (χ4v) is 5.36. The number of hydrogen-bond acceptors (Lipinski definition) is 2. The van der Waals surface area contributed by atoms with Crippen molar-refractivity contribution >= 4 is 43.2 Å². The lowest BCUT2D eigenvalue weighted by Crippen LogP contribution is -2.00. The van der Waals surface area contributed by atoms with Crippen LogP contribution in [0.1, 0.15) is 34.8 Å². The lowest BCUT2D eigenvalue weighted by atomic mass is 10.00. The van der Waals surface area contributed by atoms with Gasteiger partial charge >= 0.3 is 0 Å². The van der Waals surface area contributed by atoms with Gasteiger partial charge in [-0.1, -0.05) is 18.2 Å². The maximum atomic E-state index is 10.5. The predicted octanol–water partition coefficient (Wildman–Crippen LogP) is 4.84. The lowest BCUT2D eigenvalue weighted by molar-refractivity contribution is 0.220. The number of fused-ring (bicyclic) bond motifs is 1. The van der Waals surface area contributed by atoms with E-state index in [4.69, 9.17) is 0 Å². The normalized spacial score (nSPS) is 15.7. The Labute approximate surface area is 127 Å². The second-order valence-corrected chi connectivity index (χ2v) is 8.31. The van der Waals surface area contributed by atoms with E-state index >= 15 is 0 Å². The van der Waals surface area contributed by atoms with Gasteiger partial charge in [0.1, 0.15) is 6.10 Å². The number of thiophene rings is 1. The van der Waals surface area contributed by atoms with Gasteiger partial charge < -0.3 is 5.11 Å². The Morgan fingerprint density at radius 1 is 1.11 bits per heavy atom. The van der Waals surface area contributed by atoms with Crippen LogP contribution in [0.15, 0.2) is 31.8 Å². The molecular formula is C14H12Br2OS. The minimum Gasteiger partial charge on any atom is -0.384 e. The monoisotopic (exact) mass is 386 g/mol. The quantitative estimate of drug-likeness (QED) is 0.781. The summed E-state index contributed by atoms with van der Waals surface area (Å²) in [5.41, 5.74) is 4.76. The van der Waals surface area contributed by atoms with E-state index in [1.165, 1.54) is 24.0 Å². The van der Waals surface area contributed by atoms with Gasteiger partial charge in [-0.2, -0.15) is 0 Å². The first-order valence-electron chi connectivity index (χ1n) is 5.89. The molecule has 18 heavy (non-hydrogen) atoms. The first-order chi connectivity index (χ1) is 8.65. The van der Waals surface area contributed by atoms with Crippen LogP contribution in [0.3, 0.4) is 0 Å². The molecule has 1 N–H and O–H groups in total. The van der Waals surface area contributed by atoms with E-state index in [0.29, 0.717) is 0 Å². The fraction of sp³-hybridized carbons (Fsp3) is 0.286. The van der Waals surface area contributed by atoms with Gasteiger partial charge in [0.15, 0.2) is 0 Å². The Morgan fingerprint density at radius 3 is 2.61 bits per heavy atom. The Morgan fingerprint density at radius 2 is 1.89 bits per heavy atom. The summed E-state index contributed by atoms with van der Waals surface area (Å²) in [5.74, 6) is 0. The van der Waals surface area contributed by atoms with Crippen LogP contribution in [0.5, 0.6) is 0 Å². The molecule has 0 bridgehead atoms. The van der Waals surface area contributed by atoms with Gasteiger partial charge in [-0.3, -0.25) is 0 Å². The van der Waals surface area contributed by atoms with Crippen molar-refractivity contribution in [2.24, 2.45) is 0 Å². The van der Waals surface area contributed by atoms with Crippen molar-refractivity contribution in [2.45, 2.75) is 25.4 Å². The molecule has 4 heteroatoms. The van der Waals surface area contributed by atoms with E-state index in [1.54, 1.807) is 11.3 Å². The molecule has 0 radical (unpaired) electrons. The van der Waals surface area contributed by atoms with Gasteiger partial charge in [-0.05, 0) is 73.9 Å². The van der Waals surface area contributed by atoms with E-state index in [2.05, 4.69) is 44.0 Å². The van der Waals surface area contributed by atoms with Gasteiger partial charge in [0.2, 0.25) is 0 Å². The van der Waals surface area contributed by atoms with Crippen molar-refractivity contribution in [1.29, 1.82) is 0 Å². The number of halogens is 2. The van der Waals surface area contributed by atoms with E-state index in [0.717, 1.165) is 25.1 Å². The van der Waals surface area contributed by atoms with E-state index in [1.807, 2.05) is 12.1 Å². The molecule has 1 aliphatic carbocycles. The molecule has 1 aliphatic rings. The molecular weight excluding hydrogens is 376 g/mol. The van der Waals surface area contributed by atoms with Gasteiger partial charge in [0, 0.05) is 5.56 Å². The molecule has 1 heterocycles. The SMILES string of the molecule is OC(c1ccc2c(c1)CCC2)c1cc(Br)sc1Br. The number of aliphatic hydroxyl groups is 1. The molecule has 1 atom stereocenters. The summed E-state index contributed by atoms with van der Waals surface area (Å²) < 4.78 is 2.02. The molecule has 1 aromatic carbocycles. The zero-order valence-electron chi connectivity index (χ0n) is 9.62. The maximum Gasteiger partial charge on any atom is 0.106 e. The lowest BCUT2D eigenvalue weighted by Gasteiger charge is -2.12. The Hall–Kier alpha value is -0.160. The highest BCUT2D eigenvalue weighted by Crippen LogP contribution is 2.38. The molecule has 0 spiro atoms. The second kappa shape index (κ2) is 5.08. The summed E-state index contributed by atoms with van der Waals surface area (Å²) in [7, 11) is 0. The Kier molecular flexibility index (Phi) is 3.63. The third-order valence-corrected chi connectivity index (χ3v) is 5.80. The number of benzene rings is 1. The van der Waals surface area contributed by atoms with Gasteiger partial charge in [0.25, 0.3) is 0 Å². The second-order valence-electron chi connectivity index (χ2n) is 4.56. The summed E-state index contributed by atoms with van der Waals surface area (Å²) in [6.45, 7) is 0. The molecule has 0 amide bonds. The summed E-state index contributed by atoms with van der Waals surface area (Å²) in [4.78, 5) is 0. The molecule has 1 unspecified atom stereocenters. The van der Waals surface area contributed by atoms with Gasteiger partial charge in [-0.25, -0.2) is 0 Å². The highest BCUT2D eigenvalue weighted by Gasteiger charge is 2.19. The zero-order valence-corrected chi connectivity index (χ0v) is 13.6. The number of rotatable bonds is 2. The minimum absolute atomic E-state index is 0.548. The van der Waals surface area contributed by atoms with Gasteiger partial charge in [0.05, 0.1) is 7.57 Å². The third-order valence-electron chi connectivity index (χ3n) is 3.42. The smallest absolute Gasteiger partial charge is 0.106 e. The minimum atomic E-state index is -0.548. The molecule has 3 rings (SSSR count). The number of aliphatic hydroxyl groups excluding tert-OH is 1. The third kappa shape index (κ3) is 2.31. The predicted molar refractivity (Wildman–Crippen MR) is 82.2 cm³/mol. The van der Waals surface area contributed by atoms with E-state index < -0.39 is 6.10 Å². The summed E-state index contributed by atoms with van der Waals surface area (Å²) in [5, 5.41) is 10.5.